The normalized spacial score (nSPS) is 22.9. The molecule has 1 aliphatic rings. The number of piperazine rings is 1. The number of anilines is 1. The molecule has 2 unspecified atom stereocenters. The van der Waals surface area contributed by atoms with Crippen LogP contribution in [0.4, 0.5) is 10.5 Å². The maximum atomic E-state index is 12.5. The third kappa shape index (κ3) is 3.97. The van der Waals surface area contributed by atoms with Crippen molar-refractivity contribution in [3.63, 3.8) is 0 Å². The lowest BCUT2D eigenvalue weighted by molar-refractivity contribution is 0.142. The summed E-state index contributed by atoms with van der Waals surface area (Å²) in [5, 5.41) is 6.46. The molecular formula is C16H25N3O. The molecule has 2 rings (SSSR count). The molecule has 0 aromatic heterocycles. The fourth-order valence-corrected chi connectivity index (χ4v) is 2.68. The summed E-state index contributed by atoms with van der Waals surface area (Å²) in [6.07, 6.45) is 1.03. The molecule has 0 spiro atoms. The van der Waals surface area contributed by atoms with Gasteiger partial charge in [0.25, 0.3) is 0 Å². The number of nitrogens with one attached hydrogen (secondary N) is 2. The highest BCUT2D eigenvalue weighted by Gasteiger charge is 2.29. The number of hydrogen-bond donors (Lipinski definition) is 2. The molecule has 2 N–H and O–H groups in total. The zero-order valence-electron chi connectivity index (χ0n) is 12.6. The average molecular weight is 275 g/mol. The Kier molecular flexibility index (Phi) is 5.01. The van der Waals surface area contributed by atoms with E-state index in [2.05, 4.69) is 31.4 Å². The summed E-state index contributed by atoms with van der Waals surface area (Å²) in [4.78, 5) is 14.5. The molecule has 0 saturated carbocycles. The van der Waals surface area contributed by atoms with Crippen molar-refractivity contribution in [2.45, 2.75) is 39.3 Å². The monoisotopic (exact) mass is 275 g/mol. The SMILES string of the molecule is CC(C)CC1CNC(C)CN1C(=O)Nc1ccccc1. The molecular weight excluding hydrogens is 250 g/mol. The number of hydrogen-bond acceptors (Lipinski definition) is 2. The van der Waals surface area contributed by atoms with Crippen LogP contribution in [-0.4, -0.2) is 36.1 Å². The van der Waals surface area contributed by atoms with Crippen LogP contribution in [0.5, 0.6) is 0 Å². The van der Waals surface area contributed by atoms with Gasteiger partial charge in [-0.05, 0) is 31.4 Å². The predicted molar refractivity (Wildman–Crippen MR) is 82.9 cm³/mol. The Labute approximate surface area is 121 Å². The third-order valence-corrected chi connectivity index (χ3v) is 3.64. The molecule has 1 aromatic carbocycles. The molecule has 1 heterocycles. The first-order valence-electron chi connectivity index (χ1n) is 7.42. The molecule has 4 heteroatoms. The van der Waals surface area contributed by atoms with Crippen LogP contribution in [-0.2, 0) is 0 Å². The molecule has 1 aromatic rings. The van der Waals surface area contributed by atoms with Gasteiger partial charge in [0, 0.05) is 30.9 Å². The fourth-order valence-electron chi connectivity index (χ4n) is 2.68. The molecule has 4 nitrogen and oxygen atoms in total. The van der Waals surface area contributed by atoms with E-state index in [1.807, 2.05) is 35.2 Å². The molecule has 2 amide bonds. The molecule has 0 radical (unpaired) electrons. The highest BCUT2D eigenvalue weighted by atomic mass is 16.2. The minimum Gasteiger partial charge on any atom is -0.319 e. The Morgan fingerprint density at radius 1 is 1.40 bits per heavy atom. The number of nitrogens with zero attached hydrogens (tertiary/aromatic N) is 1. The number of amides is 2. The number of para-hydroxylation sites is 1. The Balaban J connectivity index is 2.03. The first-order chi connectivity index (χ1) is 9.56. The second kappa shape index (κ2) is 6.75. The number of carbonyl (C=O) groups is 1. The van der Waals surface area contributed by atoms with Crippen molar-refractivity contribution in [2.75, 3.05) is 18.4 Å². The summed E-state index contributed by atoms with van der Waals surface area (Å²) in [6.45, 7) is 8.16. The predicted octanol–water partition coefficient (Wildman–Crippen LogP) is 2.93. The van der Waals surface area contributed by atoms with Gasteiger partial charge in [0.2, 0.25) is 0 Å². The fraction of sp³-hybridized carbons (Fsp3) is 0.562. The minimum atomic E-state index is 0.00944. The van der Waals surface area contributed by atoms with Crippen molar-refractivity contribution in [3.05, 3.63) is 30.3 Å². The zero-order chi connectivity index (χ0) is 14.5. The quantitative estimate of drug-likeness (QED) is 0.891. The Bertz CT molecular complexity index is 433. The van der Waals surface area contributed by atoms with E-state index < -0.39 is 0 Å². The van der Waals surface area contributed by atoms with Crippen LogP contribution in [0.2, 0.25) is 0 Å². The van der Waals surface area contributed by atoms with Gasteiger partial charge in [0.1, 0.15) is 0 Å². The summed E-state index contributed by atoms with van der Waals surface area (Å²) < 4.78 is 0. The van der Waals surface area contributed by atoms with Gasteiger partial charge in [-0.2, -0.15) is 0 Å². The molecule has 0 aliphatic carbocycles. The molecule has 2 atom stereocenters. The van der Waals surface area contributed by atoms with E-state index in [-0.39, 0.29) is 12.1 Å². The van der Waals surface area contributed by atoms with E-state index in [1.54, 1.807) is 0 Å². The van der Waals surface area contributed by atoms with E-state index in [0.29, 0.717) is 12.0 Å². The van der Waals surface area contributed by atoms with E-state index in [4.69, 9.17) is 0 Å². The Morgan fingerprint density at radius 2 is 2.10 bits per heavy atom. The molecule has 110 valence electrons. The van der Waals surface area contributed by atoms with Gasteiger partial charge in [0.15, 0.2) is 0 Å². The van der Waals surface area contributed by atoms with Gasteiger partial charge >= 0.3 is 6.03 Å². The van der Waals surface area contributed by atoms with Gasteiger partial charge in [0.05, 0.1) is 0 Å². The van der Waals surface area contributed by atoms with Gasteiger partial charge < -0.3 is 15.5 Å². The van der Waals surface area contributed by atoms with Crippen molar-refractivity contribution in [3.8, 4) is 0 Å². The Morgan fingerprint density at radius 3 is 2.75 bits per heavy atom. The third-order valence-electron chi connectivity index (χ3n) is 3.64. The Hall–Kier alpha value is -1.55. The topological polar surface area (TPSA) is 44.4 Å². The lowest BCUT2D eigenvalue weighted by Crippen LogP contribution is -2.58. The highest BCUT2D eigenvalue weighted by Crippen LogP contribution is 2.17. The molecule has 1 saturated heterocycles. The number of carbonyl (C=O) groups excluding carboxylic acids is 1. The number of benzene rings is 1. The largest absolute Gasteiger partial charge is 0.322 e. The first kappa shape index (κ1) is 14.9. The molecule has 0 bridgehead atoms. The van der Waals surface area contributed by atoms with Crippen LogP contribution in [0, 0.1) is 5.92 Å². The summed E-state index contributed by atoms with van der Waals surface area (Å²) in [5.74, 6) is 0.585. The van der Waals surface area contributed by atoms with Crippen LogP contribution in [0.15, 0.2) is 30.3 Å². The zero-order valence-corrected chi connectivity index (χ0v) is 12.6. The van der Waals surface area contributed by atoms with Crippen molar-refractivity contribution in [2.24, 2.45) is 5.92 Å². The van der Waals surface area contributed by atoms with Crippen molar-refractivity contribution in [1.82, 2.24) is 10.2 Å². The molecule has 1 fully saturated rings. The van der Waals surface area contributed by atoms with Crippen LogP contribution in [0.3, 0.4) is 0 Å². The van der Waals surface area contributed by atoms with Gasteiger partial charge in [-0.25, -0.2) is 4.79 Å². The number of rotatable bonds is 3. The summed E-state index contributed by atoms with van der Waals surface area (Å²) in [7, 11) is 0. The van der Waals surface area contributed by atoms with E-state index in [0.717, 1.165) is 25.2 Å². The standard InChI is InChI=1S/C16H25N3O/c1-12(2)9-15-10-17-13(3)11-19(15)16(20)18-14-7-5-4-6-8-14/h4-8,12-13,15,17H,9-11H2,1-3H3,(H,18,20). The van der Waals surface area contributed by atoms with Gasteiger partial charge in [-0.1, -0.05) is 32.0 Å². The second-order valence-electron chi connectivity index (χ2n) is 6.04. The van der Waals surface area contributed by atoms with E-state index in [9.17, 15) is 4.79 Å². The van der Waals surface area contributed by atoms with Gasteiger partial charge in [-0.15, -0.1) is 0 Å². The van der Waals surface area contributed by atoms with Crippen molar-refractivity contribution >= 4 is 11.7 Å². The summed E-state index contributed by atoms with van der Waals surface area (Å²) >= 11 is 0. The smallest absolute Gasteiger partial charge is 0.319 e. The van der Waals surface area contributed by atoms with Crippen LogP contribution < -0.4 is 10.6 Å². The van der Waals surface area contributed by atoms with E-state index >= 15 is 0 Å². The first-order valence-corrected chi connectivity index (χ1v) is 7.42. The van der Waals surface area contributed by atoms with Crippen molar-refractivity contribution in [1.29, 1.82) is 0 Å². The lowest BCUT2D eigenvalue weighted by atomic mass is 9.99. The lowest BCUT2D eigenvalue weighted by Gasteiger charge is -2.40. The van der Waals surface area contributed by atoms with Crippen LogP contribution in [0.25, 0.3) is 0 Å². The molecule has 1 aliphatic heterocycles. The van der Waals surface area contributed by atoms with Crippen molar-refractivity contribution < 1.29 is 4.79 Å². The summed E-state index contributed by atoms with van der Waals surface area (Å²) in [5.41, 5.74) is 0.854. The van der Waals surface area contributed by atoms with Crippen LogP contribution >= 0.6 is 0 Å². The molecule has 20 heavy (non-hydrogen) atoms. The second-order valence-corrected chi connectivity index (χ2v) is 6.04. The van der Waals surface area contributed by atoms with E-state index in [1.165, 1.54) is 0 Å². The number of urea groups is 1. The maximum absolute atomic E-state index is 12.5. The summed E-state index contributed by atoms with van der Waals surface area (Å²) in [6, 6.07) is 10.3. The maximum Gasteiger partial charge on any atom is 0.322 e. The average Bonchev–Trinajstić information content (AvgIpc) is 2.41. The van der Waals surface area contributed by atoms with Crippen LogP contribution in [0.1, 0.15) is 27.2 Å². The highest BCUT2D eigenvalue weighted by molar-refractivity contribution is 5.89. The van der Waals surface area contributed by atoms with Gasteiger partial charge in [-0.3, -0.25) is 0 Å². The minimum absolute atomic E-state index is 0.00944.